The van der Waals surface area contributed by atoms with Crippen LogP contribution in [0, 0.1) is 5.92 Å². The zero-order valence-electron chi connectivity index (χ0n) is 12.1. The Balaban J connectivity index is 2.21. The molecule has 20 heavy (non-hydrogen) atoms. The number of hydrogen-bond acceptors (Lipinski definition) is 3. The molecule has 1 aromatic rings. The molecule has 2 rings (SSSR count). The third-order valence-electron chi connectivity index (χ3n) is 3.71. The quantitative estimate of drug-likeness (QED) is 0.904. The number of benzene rings is 1. The van der Waals surface area contributed by atoms with Crippen LogP contribution in [-0.4, -0.2) is 37.0 Å². The van der Waals surface area contributed by atoms with Crippen LogP contribution in [0.15, 0.2) is 29.2 Å². The minimum Gasteiger partial charge on any atom is -0.395 e. The summed E-state index contributed by atoms with van der Waals surface area (Å²) in [5, 5.41) is 9.28. The maximum absolute atomic E-state index is 12.6. The van der Waals surface area contributed by atoms with Crippen LogP contribution in [0.3, 0.4) is 0 Å². The highest BCUT2D eigenvalue weighted by Crippen LogP contribution is 2.26. The molecule has 1 saturated heterocycles. The molecule has 0 aliphatic carbocycles. The molecule has 1 fully saturated rings. The summed E-state index contributed by atoms with van der Waals surface area (Å²) in [6.45, 7) is 4.67. The van der Waals surface area contributed by atoms with Gasteiger partial charge in [0, 0.05) is 12.6 Å². The highest BCUT2D eigenvalue weighted by Gasteiger charge is 2.34. The zero-order valence-corrected chi connectivity index (χ0v) is 12.9. The molecular weight excluding hydrogens is 274 g/mol. The summed E-state index contributed by atoms with van der Waals surface area (Å²) >= 11 is 0. The zero-order chi connectivity index (χ0) is 14.8. The third kappa shape index (κ3) is 3.22. The maximum Gasteiger partial charge on any atom is 0.243 e. The molecule has 1 N–H and O–H groups in total. The van der Waals surface area contributed by atoms with Crippen molar-refractivity contribution in [3.8, 4) is 0 Å². The molecule has 0 bridgehead atoms. The number of sulfonamides is 1. The van der Waals surface area contributed by atoms with Gasteiger partial charge in [-0.1, -0.05) is 26.0 Å². The van der Waals surface area contributed by atoms with Crippen LogP contribution in [0.1, 0.15) is 32.3 Å². The standard InChI is InChI=1S/C15H23NO3S/c1-12(2)10-13-5-7-15(8-6-13)20(18,19)16-9-3-4-14(16)11-17/h5-8,12,14,17H,3-4,9-11H2,1-2H3/t14-/m0/s1. The van der Waals surface area contributed by atoms with E-state index in [1.54, 1.807) is 12.1 Å². The molecule has 1 aromatic carbocycles. The Labute approximate surface area is 121 Å². The van der Waals surface area contributed by atoms with Gasteiger partial charge in [0.05, 0.1) is 11.5 Å². The Bertz CT molecular complexity index is 537. The van der Waals surface area contributed by atoms with Crippen LogP contribution in [-0.2, 0) is 16.4 Å². The molecular formula is C15H23NO3S. The molecule has 0 unspecified atom stereocenters. The second-order valence-corrected chi connectivity index (χ2v) is 7.73. The van der Waals surface area contributed by atoms with Crippen LogP contribution in [0.4, 0.5) is 0 Å². The smallest absolute Gasteiger partial charge is 0.243 e. The monoisotopic (exact) mass is 297 g/mol. The fourth-order valence-electron chi connectivity index (χ4n) is 2.71. The predicted molar refractivity (Wildman–Crippen MR) is 79.0 cm³/mol. The van der Waals surface area contributed by atoms with Crippen molar-refractivity contribution >= 4 is 10.0 Å². The predicted octanol–water partition coefficient (Wildman–Crippen LogP) is 2.03. The molecule has 0 aromatic heterocycles. The molecule has 112 valence electrons. The molecule has 0 saturated carbocycles. The van der Waals surface area contributed by atoms with E-state index in [9.17, 15) is 13.5 Å². The molecule has 0 radical (unpaired) electrons. The van der Waals surface area contributed by atoms with E-state index in [1.807, 2.05) is 12.1 Å². The first-order chi connectivity index (χ1) is 9.45. The maximum atomic E-state index is 12.6. The lowest BCUT2D eigenvalue weighted by Gasteiger charge is -2.22. The molecule has 1 heterocycles. The van der Waals surface area contributed by atoms with Crippen molar-refractivity contribution in [1.82, 2.24) is 4.31 Å². The van der Waals surface area contributed by atoms with Gasteiger partial charge in [0.2, 0.25) is 10.0 Å². The first-order valence-corrected chi connectivity index (χ1v) is 8.61. The minimum atomic E-state index is -3.47. The Hall–Kier alpha value is -0.910. The van der Waals surface area contributed by atoms with Gasteiger partial charge in [-0.2, -0.15) is 4.31 Å². The lowest BCUT2D eigenvalue weighted by atomic mass is 10.0. The number of aliphatic hydroxyl groups excluding tert-OH is 1. The molecule has 1 aliphatic rings. The van der Waals surface area contributed by atoms with Gasteiger partial charge in [-0.25, -0.2) is 8.42 Å². The summed E-state index contributed by atoms with van der Waals surface area (Å²) < 4.78 is 26.5. The summed E-state index contributed by atoms with van der Waals surface area (Å²) in [6, 6.07) is 6.86. The van der Waals surface area contributed by atoms with Crippen molar-refractivity contribution in [3.63, 3.8) is 0 Å². The van der Waals surface area contributed by atoms with Crippen LogP contribution in [0.5, 0.6) is 0 Å². The first-order valence-electron chi connectivity index (χ1n) is 7.17. The normalized spacial score (nSPS) is 20.7. The molecule has 0 spiro atoms. The van der Waals surface area contributed by atoms with Gasteiger partial charge in [-0.15, -0.1) is 0 Å². The van der Waals surface area contributed by atoms with E-state index in [-0.39, 0.29) is 12.6 Å². The van der Waals surface area contributed by atoms with E-state index in [0.717, 1.165) is 24.8 Å². The number of nitrogens with zero attached hydrogens (tertiary/aromatic N) is 1. The van der Waals surface area contributed by atoms with Gasteiger partial charge in [-0.05, 0) is 42.9 Å². The van der Waals surface area contributed by atoms with Gasteiger partial charge in [-0.3, -0.25) is 0 Å². The van der Waals surface area contributed by atoms with Crippen molar-refractivity contribution in [1.29, 1.82) is 0 Å². The van der Waals surface area contributed by atoms with Gasteiger partial charge < -0.3 is 5.11 Å². The summed E-state index contributed by atoms with van der Waals surface area (Å²) in [5.41, 5.74) is 1.15. The number of rotatable bonds is 5. The van der Waals surface area contributed by atoms with Crippen molar-refractivity contribution in [2.24, 2.45) is 5.92 Å². The van der Waals surface area contributed by atoms with Gasteiger partial charge in [0.25, 0.3) is 0 Å². The van der Waals surface area contributed by atoms with E-state index in [1.165, 1.54) is 4.31 Å². The van der Waals surface area contributed by atoms with Crippen LogP contribution in [0.25, 0.3) is 0 Å². The highest BCUT2D eigenvalue weighted by molar-refractivity contribution is 7.89. The topological polar surface area (TPSA) is 57.6 Å². The van der Waals surface area contributed by atoms with E-state index < -0.39 is 10.0 Å². The van der Waals surface area contributed by atoms with Crippen molar-refractivity contribution in [3.05, 3.63) is 29.8 Å². The van der Waals surface area contributed by atoms with Crippen molar-refractivity contribution in [2.75, 3.05) is 13.2 Å². The fraction of sp³-hybridized carbons (Fsp3) is 0.600. The summed E-state index contributed by atoms with van der Waals surface area (Å²) in [7, 11) is -3.47. The highest BCUT2D eigenvalue weighted by atomic mass is 32.2. The second kappa shape index (κ2) is 6.24. The van der Waals surface area contributed by atoms with Gasteiger partial charge >= 0.3 is 0 Å². The molecule has 1 aliphatic heterocycles. The Morgan fingerprint density at radius 3 is 2.50 bits per heavy atom. The largest absolute Gasteiger partial charge is 0.395 e. The van der Waals surface area contributed by atoms with Crippen LogP contribution < -0.4 is 0 Å². The summed E-state index contributed by atoms with van der Waals surface area (Å²) in [5.74, 6) is 0.551. The SMILES string of the molecule is CC(C)Cc1ccc(S(=O)(=O)N2CCC[C@H]2CO)cc1. The van der Waals surface area contributed by atoms with E-state index in [4.69, 9.17) is 0 Å². The summed E-state index contributed by atoms with van der Waals surface area (Å²) in [4.78, 5) is 0.324. The van der Waals surface area contributed by atoms with Crippen LogP contribution in [0.2, 0.25) is 0 Å². The van der Waals surface area contributed by atoms with E-state index in [0.29, 0.717) is 17.4 Å². The van der Waals surface area contributed by atoms with Gasteiger partial charge in [0.1, 0.15) is 0 Å². The summed E-state index contributed by atoms with van der Waals surface area (Å²) in [6.07, 6.45) is 2.50. The number of aliphatic hydroxyl groups is 1. The van der Waals surface area contributed by atoms with Crippen LogP contribution >= 0.6 is 0 Å². The molecule has 1 atom stereocenters. The van der Waals surface area contributed by atoms with Crippen molar-refractivity contribution < 1.29 is 13.5 Å². The molecule has 4 nitrogen and oxygen atoms in total. The first kappa shape index (κ1) is 15.5. The lowest BCUT2D eigenvalue weighted by Crippen LogP contribution is -2.37. The van der Waals surface area contributed by atoms with Crippen molar-refractivity contribution in [2.45, 2.75) is 44.0 Å². The average Bonchev–Trinajstić information content (AvgIpc) is 2.87. The Morgan fingerprint density at radius 2 is 1.95 bits per heavy atom. The average molecular weight is 297 g/mol. The molecule has 5 heteroatoms. The lowest BCUT2D eigenvalue weighted by molar-refractivity contribution is 0.213. The Morgan fingerprint density at radius 1 is 1.30 bits per heavy atom. The molecule has 0 amide bonds. The van der Waals surface area contributed by atoms with E-state index in [2.05, 4.69) is 13.8 Å². The fourth-order valence-corrected chi connectivity index (χ4v) is 4.40. The van der Waals surface area contributed by atoms with E-state index >= 15 is 0 Å². The second-order valence-electron chi connectivity index (χ2n) is 5.84. The minimum absolute atomic E-state index is 0.106. The Kier molecular flexibility index (Phi) is 4.83. The van der Waals surface area contributed by atoms with Gasteiger partial charge in [0.15, 0.2) is 0 Å². The number of hydrogen-bond donors (Lipinski definition) is 1. The third-order valence-corrected chi connectivity index (χ3v) is 5.67.